The second kappa shape index (κ2) is 6.59. The number of carbonyl (C=O) groups is 1. The molecule has 2 aliphatic heterocycles. The average Bonchev–Trinajstić information content (AvgIpc) is 3.01. The molecule has 2 unspecified atom stereocenters. The molecule has 1 aromatic carbocycles. The van der Waals surface area contributed by atoms with Gasteiger partial charge in [-0.15, -0.1) is 12.4 Å². The van der Waals surface area contributed by atoms with Crippen molar-refractivity contribution in [3.05, 3.63) is 34.9 Å². The van der Waals surface area contributed by atoms with Gasteiger partial charge in [-0.3, -0.25) is 4.79 Å². The van der Waals surface area contributed by atoms with Crippen molar-refractivity contribution in [1.29, 1.82) is 0 Å². The summed E-state index contributed by atoms with van der Waals surface area (Å²) < 4.78 is 0. The fourth-order valence-electron chi connectivity index (χ4n) is 4.39. The number of amides is 1. The standard InChI is InChI=1S/C18H24N2O.ClH/c21-18(20-16-6-7-17(20)12-19-9-8-16)11-13-4-5-14-2-1-3-15(14)10-13;/h4-5,10,16-17,19H,1-3,6-9,11-12H2;1H. The number of nitrogens with one attached hydrogen (secondary N) is 1. The average molecular weight is 321 g/mol. The molecule has 3 nitrogen and oxygen atoms in total. The molecule has 4 rings (SSSR count). The van der Waals surface area contributed by atoms with Gasteiger partial charge < -0.3 is 10.2 Å². The van der Waals surface area contributed by atoms with E-state index in [1.807, 2.05) is 0 Å². The van der Waals surface area contributed by atoms with Crippen molar-refractivity contribution in [2.75, 3.05) is 13.1 Å². The maximum atomic E-state index is 12.8. The Balaban J connectivity index is 0.00000144. The first-order valence-electron chi connectivity index (χ1n) is 8.44. The minimum atomic E-state index is 0. The van der Waals surface area contributed by atoms with Crippen LogP contribution in [0.4, 0.5) is 0 Å². The van der Waals surface area contributed by atoms with E-state index in [-0.39, 0.29) is 12.4 Å². The Hall–Kier alpha value is -1.06. The lowest BCUT2D eigenvalue weighted by molar-refractivity contribution is -0.133. The topological polar surface area (TPSA) is 32.3 Å². The molecule has 2 heterocycles. The highest BCUT2D eigenvalue weighted by atomic mass is 35.5. The van der Waals surface area contributed by atoms with Gasteiger partial charge in [-0.1, -0.05) is 18.2 Å². The molecular weight excluding hydrogens is 296 g/mol. The molecule has 3 aliphatic rings. The Labute approximate surface area is 138 Å². The summed E-state index contributed by atoms with van der Waals surface area (Å²) in [4.78, 5) is 15.0. The van der Waals surface area contributed by atoms with Gasteiger partial charge in [-0.05, 0) is 61.8 Å². The fourth-order valence-corrected chi connectivity index (χ4v) is 4.39. The Morgan fingerprint density at radius 2 is 1.95 bits per heavy atom. The molecule has 2 bridgehead atoms. The predicted molar refractivity (Wildman–Crippen MR) is 90.6 cm³/mol. The summed E-state index contributed by atoms with van der Waals surface area (Å²) >= 11 is 0. The van der Waals surface area contributed by atoms with Crippen LogP contribution in [0.1, 0.15) is 42.4 Å². The van der Waals surface area contributed by atoms with Crippen molar-refractivity contribution in [3.8, 4) is 0 Å². The van der Waals surface area contributed by atoms with Crippen LogP contribution in [0.2, 0.25) is 0 Å². The number of hydrogen-bond acceptors (Lipinski definition) is 2. The number of nitrogens with zero attached hydrogens (tertiary/aromatic N) is 1. The summed E-state index contributed by atoms with van der Waals surface area (Å²) in [6.45, 7) is 2.04. The zero-order valence-corrected chi connectivity index (χ0v) is 13.8. The highest BCUT2D eigenvalue weighted by Crippen LogP contribution is 2.29. The molecule has 1 amide bonds. The van der Waals surface area contributed by atoms with Gasteiger partial charge in [0.15, 0.2) is 0 Å². The van der Waals surface area contributed by atoms with E-state index in [1.54, 1.807) is 0 Å². The maximum absolute atomic E-state index is 12.8. The van der Waals surface area contributed by atoms with E-state index in [4.69, 9.17) is 0 Å². The van der Waals surface area contributed by atoms with Crippen LogP contribution in [0.3, 0.4) is 0 Å². The predicted octanol–water partition coefficient (Wildman–Crippen LogP) is 2.49. The maximum Gasteiger partial charge on any atom is 0.227 e. The number of benzene rings is 1. The third kappa shape index (κ3) is 2.89. The molecule has 2 atom stereocenters. The molecule has 1 N–H and O–H groups in total. The van der Waals surface area contributed by atoms with Gasteiger partial charge in [0.1, 0.15) is 0 Å². The molecule has 2 fully saturated rings. The van der Waals surface area contributed by atoms with Crippen LogP contribution < -0.4 is 5.32 Å². The minimum Gasteiger partial charge on any atom is -0.335 e. The van der Waals surface area contributed by atoms with Gasteiger partial charge >= 0.3 is 0 Å². The normalized spacial score (nSPS) is 26.3. The zero-order chi connectivity index (χ0) is 14.2. The van der Waals surface area contributed by atoms with Crippen molar-refractivity contribution >= 4 is 18.3 Å². The molecule has 4 heteroatoms. The van der Waals surface area contributed by atoms with E-state index in [0.717, 1.165) is 19.5 Å². The zero-order valence-electron chi connectivity index (χ0n) is 13.0. The largest absolute Gasteiger partial charge is 0.335 e. The van der Waals surface area contributed by atoms with E-state index < -0.39 is 0 Å². The van der Waals surface area contributed by atoms with Crippen LogP contribution in [0.15, 0.2) is 18.2 Å². The summed E-state index contributed by atoms with van der Waals surface area (Å²) in [6, 6.07) is 7.59. The highest BCUT2D eigenvalue weighted by Gasteiger charge is 2.37. The summed E-state index contributed by atoms with van der Waals surface area (Å²) in [5.74, 6) is 0.337. The second-order valence-corrected chi connectivity index (χ2v) is 6.81. The monoisotopic (exact) mass is 320 g/mol. The third-order valence-electron chi connectivity index (χ3n) is 5.46. The summed E-state index contributed by atoms with van der Waals surface area (Å²) in [5, 5.41) is 3.47. The van der Waals surface area contributed by atoms with Crippen LogP contribution in [0, 0.1) is 0 Å². The van der Waals surface area contributed by atoms with Crippen molar-refractivity contribution in [1.82, 2.24) is 10.2 Å². The molecule has 1 aliphatic carbocycles. The quantitative estimate of drug-likeness (QED) is 0.908. The number of hydrogen-bond donors (Lipinski definition) is 1. The molecule has 120 valence electrons. The lowest BCUT2D eigenvalue weighted by atomic mass is 10.0. The molecular formula is C18H25ClN2O. The molecule has 0 aromatic heterocycles. The first-order valence-corrected chi connectivity index (χ1v) is 8.44. The first kappa shape index (κ1) is 15.8. The van der Waals surface area contributed by atoms with Crippen LogP contribution in [-0.4, -0.2) is 36.0 Å². The number of halogens is 1. The molecule has 0 radical (unpaired) electrons. The van der Waals surface area contributed by atoms with Gasteiger partial charge in [0, 0.05) is 18.6 Å². The van der Waals surface area contributed by atoms with Crippen molar-refractivity contribution in [2.45, 2.75) is 57.0 Å². The van der Waals surface area contributed by atoms with E-state index >= 15 is 0 Å². The smallest absolute Gasteiger partial charge is 0.227 e. The SMILES string of the molecule is Cl.O=C(Cc1ccc2c(c1)CCC2)N1C2CCNCC1CC2. The third-order valence-corrected chi connectivity index (χ3v) is 5.46. The van der Waals surface area contributed by atoms with E-state index in [0.29, 0.717) is 24.4 Å². The molecule has 0 saturated carbocycles. The Bertz CT molecular complexity index is 546. The number of rotatable bonds is 2. The minimum absolute atomic E-state index is 0. The van der Waals surface area contributed by atoms with Crippen LogP contribution in [0.5, 0.6) is 0 Å². The lowest BCUT2D eigenvalue weighted by Gasteiger charge is -2.28. The second-order valence-electron chi connectivity index (χ2n) is 6.81. The summed E-state index contributed by atoms with van der Waals surface area (Å²) in [5.41, 5.74) is 4.17. The molecule has 1 aromatic rings. The van der Waals surface area contributed by atoms with Crippen LogP contribution in [0.25, 0.3) is 0 Å². The molecule has 22 heavy (non-hydrogen) atoms. The van der Waals surface area contributed by atoms with Gasteiger partial charge in [0.2, 0.25) is 5.91 Å². The van der Waals surface area contributed by atoms with Gasteiger partial charge in [-0.2, -0.15) is 0 Å². The lowest BCUT2D eigenvalue weighted by Crippen LogP contribution is -2.43. The summed E-state index contributed by atoms with van der Waals surface area (Å²) in [6.07, 6.45) is 7.75. The summed E-state index contributed by atoms with van der Waals surface area (Å²) in [7, 11) is 0. The molecule has 2 saturated heterocycles. The van der Waals surface area contributed by atoms with E-state index in [2.05, 4.69) is 28.4 Å². The highest BCUT2D eigenvalue weighted by molar-refractivity contribution is 5.85. The Morgan fingerprint density at radius 3 is 2.86 bits per heavy atom. The Kier molecular flexibility index (Phi) is 4.74. The van der Waals surface area contributed by atoms with Gasteiger partial charge in [0.25, 0.3) is 0 Å². The number of aryl methyl sites for hydroxylation is 2. The fraction of sp³-hybridized carbons (Fsp3) is 0.611. The van der Waals surface area contributed by atoms with Gasteiger partial charge in [0.05, 0.1) is 6.42 Å². The van der Waals surface area contributed by atoms with E-state index in [9.17, 15) is 4.79 Å². The first-order chi connectivity index (χ1) is 10.3. The van der Waals surface area contributed by atoms with Crippen molar-refractivity contribution < 1.29 is 4.79 Å². The van der Waals surface area contributed by atoms with Crippen LogP contribution >= 0.6 is 12.4 Å². The Morgan fingerprint density at radius 1 is 1.14 bits per heavy atom. The van der Waals surface area contributed by atoms with Crippen molar-refractivity contribution in [2.24, 2.45) is 0 Å². The van der Waals surface area contributed by atoms with Crippen molar-refractivity contribution in [3.63, 3.8) is 0 Å². The number of fused-ring (bicyclic) bond motifs is 3. The number of carbonyl (C=O) groups excluding carboxylic acids is 1. The van der Waals surface area contributed by atoms with Crippen LogP contribution in [-0.2, 0) is 24.1 Å². The molecule has 0 spiro atoms. The van der Waals surface area contributed by atoms with E-state index in [1.165, 1.54) is 48.8 Å². The van der Waals surface area contributed by atoms with Gasteiger partial charge in [-0.25, -0.2) is 0 Å².